The van der Waals surface area contributed by atoms with Crippen LogP contribution in [-0.4, -0.2) is 56.7 Å². The molecule has 0 saturated carbocycles. The maximum atomic E-state index is 9.77. The highest BCUT2D eigenvalue weighted by Crippen LogP contribution is 2.41. The summed E-state index contributed by atoms with van der Waals surface area (Å²) in [5.74, 6) is -2.75. The first-order chi connectivity index (χ1) is 12.7. The molecule has 4 unspecified atom stereocenters. The topological polar surface area (TPSA) is 127 Å². The predicted molar refractivity (Wildman–Crippen MR) is 99.8 cm³/mol. The van der Waals surface area contributed by atoms with E-state index in [1.807, 2.05) is 0 Å². The van der Waals surface area contributed by atoms with Gasteiger partial charge in [-0.1, -0.05) is 32.0 Å². The van der Waals surface area contributed by atoms with Crippen molar-refractivity contribution in [3.8, 4) is 0 Å². The lowest BCUT2D eigenvalue weighted by Gasteiger charge is -2.39. The molecule has 1 aromatic rings. The molecule has 5 N–H and O–H groups in total. The van der Waals surface area contributed by atoms with Crippen LogP contribution in [0.25, 0.3) is 0 Å². The Balaban J connectivity index is 0.000000227. The summed E-state index contributed by atoms with van der Waals surface area (Å²) in [5.41, 5.74) is 4.98. The minimum Gasteiger partial charge on any atom is -0.479 e. The summed E-state index contributed by atoms with van der Waals surface area (Å²) in [5, 5.41) is 36.3. The van der Waals surface area contributed by atoms with E-state index in [0.717, 1.165) is 5.92 Å². The van der Waals surface area contributed by atoms with E-state index in [2.05, 4.69) is 37.4 Å². The number of aryl methyl sites for hydroxylation is 2. The van der Waals surface area contributed by atoms with Crippen molar-refractivity contribution >= 4 is 11.9 Å². The van der Waals surface area contributed by atoms with E-state index in [0.29, 0.717) is 12.1 Å². The Kier molecular flexibility index (Phi) is 7.35. The maximum absolute atomic E-state index is 9.77. The Morgan fingerprint density at radius 2 is 1.56 bits per heavy atom. The first-order valence-electron chi connectivity index (χ1n) is 9.40. The monoisotopic (exact) mass is 379 g/mol. The zero-order valence-corrected chi connectivity index (χ0v) is 15.8. The van der Waals surface area contributed by atoms with Gasteiger partial charge in [0.15, 0.2) is 12.2 Å². The molecular weight excluding hydrogens is 350 g/mol. The Morgan fingerprint density at radius 3 is 2.07 bits per heavy atom. The Bertz CT molecular complexity index is 642. The van der Waals surface area contributed by atoms with Crippen molar-refractivity contribution in [2.24, 2.45) is 0 Å². The van der Waals surface area contributed by atoms with Crippen molar-refractivity contribution in [3.05, 3.63) is 34.9 Å². The molecule has 27 heavy (non-hydrogen) atoms. The summed E-state index contributed by atoms with van der Waals surface area (Å²) in [6, 6.07) is 8.28. The number of aliphatic hydroxyl groups is 2. The molecule has 4 atom stereocenters. The van der Waals surface area contributed by atoms with Gasteiger partial charge in [0.2, 0.25) is 0 Å². The molecule has 0 bridgehead atoms. The van der Waals surface area contributed by atoms with Gasteiger partial charge in [-0.05, 0) is 54.7 Å². The van der Waals surface area contributed by atoms with E-state index < -0.39 is 24.1 Å². The zero-order valence-electron chi connectivity index (χ0n) is 15.8. The fourth-order valence-corrected chi connectivity index (χ4v) is 4.05. The largest absolute Gasteiger partial charge is 0.479 e. The number of hydrogen-bond acceptors (Lipinski definition) is 5. The predicted octanol–water partition coefficient (Wildman–Crippen LogP) is 1.30. The van der Waals surface area contributed by atoms with Crippen LogP contribution in [0.1, 0.15) is 55.7 Å². The third-order valence-electron chi connectivity index (χ3n) is 5.18. The van der Waals surface area contributed by atoms with E-state index >= 15 is 0 Å². The zero-order chi connectivity index (χ0) is 20.1. The number of aliphatic hydroxyl groups excluding tert-OH is 2. The molecule has 1 aromatic carbocycles. The fraction of sp³-hybridized carbons (Fsp3) is 0.600. The maximum Gasteiger partial charge on any atom is 0.335 e. The van der Waals surface area contributed by atoms with Gasteiger partial charge in [0.25, 0.3) is 0 Å². The summed E-state index contributed by atoms with van der Waals surface area (Å²) in [7, 11) is 0. The van der Waals surface area contributed by atoms with Gasteiger partial charge in [0.05, 0.1) is 0 Å². The lowest BCUT2D eigenvalue weighted by molar-refractivity contribution is -0.165. The van der Waals surface area contributed by atoms with Crippen molar-refractivity contribution in [1.29, 1.82) is 0 Å². The molecule has 0 amide bonds. The van der Waals surface area contributed by atoms with E-state index in [9.17, 15) is 9.59 Å². The molecule has 150 valence electrons. The van der Waals surface area contributed by atoms with Gasteiger partial charge in [-0.25, -0.2) is 9.59 Å². The highest BCUT2D eigenvalue weighted by molar-refractivity contribution is 5.83. The van der Waals surface area contributed by atoms with Gasteiger partial charge in [-0.15, -0.1) is 0 Å². The minimum absolute atomic E-state index is 0.607. The second-order valence-electron chi connectivity index (χ2n) is 7.52. The number of carboxylic acid groups (broad SMARTS) is 2. The molecule has 0 heterocycles. The molecule has 2 aliphatic rings. The van der Waals surface area contributed by atoms with Gasteiger partial charge in [-0.2, -0.15) is 0 Å². The molecule has 0 fully saturated rings. The first kappa shape index (κ1) is 21.3. The third-order valence-corrected chi connectivity index (χ3v) is 5.18. The van der Waals surface area contributed by atoms with Crippen molar-refractivity contribution in [1.82, 2.24) is 5.32 Å². The average Bonchev–Trinajstić information content (AvgIpc) is 2.63. The minimum atomic E-state index is -2.27. The van der Waals surface area contributed by atoms with Crippen LogP contribution < -0.4 is 5.32 Å². The summed E-state index contributed by atoms with van der Waals surface area (Å²) < 4.78 is 0. The number of benzene rings is 1. The van der Waals surface area contributed by atoms with E-state index in [1.165, 1.54) is 32.1 Å². The number of aliphatic carboxylic acids is 2. The SMILES string of the molecule is CC(C)NC1CCc2cccc3c2C1CCC3.O=C(O)C(O)C(O)C(=O)O. The van der Waals surface area contributed by atoms with Crippen LogP contribution in [-0.2, 0) is 22.4 Å². The number of carboxylic acids is 2. The molecular formula is C20H29NO6. The number of rotatable bonds is 5. The quantitative estimate of drug-likeness (QED) is 0.522. The van der Waals surface area contributed by atoms with Gasteiger partial charge in [0, 0.05) is 12.1 Å². The van der Waals surface area contributed by atoms with E-state index in [4.69, 9.17) is 20.4 Å². The Morgan fingerprint density at radius 1 is 1.00 bits per heavy atom. The van der Waals surface area contributed by atoms with Crippen LogP contribution >= 0.6 is 0 Å². The second-order valence-corrected chi connectivity index (χ2v) is 7.52. The van der Waals surface area contributed by atoms with Gasteiger partial charge in [0.1, 0.15) is 0 Å². The van der Waals surface area contributed by atoms with E-state index in [1.54, 1.807) is 16.7 Å². The lowest BCUT2D eigenvalue weighted by atomic mass is 9.71. The van der Waals surface area contributed by atoms with Crippen LogP contribution in [0.15, 0.2) is 18.2 Å². The lowest BCUT2D eigenvalue weighted by Crippen LogP contribution is -2.43. The molecule has 2 aliphatic carbocycles. The average molecular weight is 379 g/mol. The summed E-state index contributed by atoms with van der Waals surface area (Å²) in [6.45, 7) is 4.54. The molecule has 0 radical (unpaired) electrons. The third kappa shape index (κ3) is 5.28. The smallest absolute Gasteiger partial charge is 0.335 e. The van der Waals surface area contributed by atoms with Crippen LogP contribution in [0.5, 0.6) is 0 Å². The number of hydrogen-bond donors (Lipinski definition) is 5. The van der Waals surface area contributed by atoms with Crippen LogP contribution in [0.3, 0.4) is 0 Å². The second kappa shape index (κ2) is 9.30. The normalized spacial score (nSPS) is 22.9. The molecule has 3 rings (SSSR count). The van der Waals surface area contributed by atoms with Crippen molar-refractivity contribution in [3.63, 3.8) is 0 Å². The van der Waals surface area contributed by atoms with Crippen LogP contribution in [0.2, 0.25) is 0 Å². The van der Waals surface area contributed by atoms with Crippen molar-refractivity contribution in [2.45, 2.75) is 76.2 Å². The standard InChI is InChI=1S/C16H23N.C4H6O6/c1-11(2)17-15-10-9-13-6-3-5-12-7-4-8-14(15)16(12)13;5-1(3(7)8)2(6)4(9)10/h3,5-6,11,14-15,17H,4,7-10H2,1-2H3;1-2,5-6H,(H,7,8)(H,9,10). The van der Waals surface area contributed by atoms with Crippen molar-refractivity contribution < 1.29 is 30.0 Å². The molecule has 0 aliphatic heterocycles. The molecule has 0 saturated heterocycles. The highest BCUT2D eigenvalue weighted by Gasteiger charge is 2.33. The summed E-state index contributed by atoms with van der Waals surface area (Å²) in [6.07, 6.45) is 2.11. The van der Waals surface area contributed by atoms with Gasteiger partial charge < -0.3 is 25.7 Å². The molecule has 7 heteroatoms. The molecule has 0 spiro atoms. The van der Waals surface area contributed by atoms with Crippen LogP contribution in [0.4, 0.5) is 0 Å². The van der Waals surface area contributed by atoms with E-state index in [-0.39, 0.29) is 0 Å². The first-order valence-corrected chi connectivity index (χ1v) is 9.40. The van der Waals surface area contributed by atoms with Crippen molar-refractivity contribution in [2.75, 3.05) is 0 Å². The van der Waals surface area contributed by atoms with Gasteiger partial charge in [-0.3, -0.25) is 0 Å². The fourth-order valence-electron chi connectivity index (χ4n) is 4.05. The highest BCUT2D eigenvalue weighted by atomic mass is 16.4. The number of carbonyl (C=O) groups is 2. The number of nitrogens with one attached hydrogen (secondary N) is 1. The Hall–Kier alpha value is -1.96. The Labute approximate surface area is 159 Å². The van der Waals surface area contributed by atoms with Crippen LogP contribution in [0, 0.1) is 0 Å². The molecule has 0 aromatic heterocycles. The van der Waals surface area contributed by atoms with Gasteiger partial charge >= 0.3 is 11.9 Å². The molecule has 7 nitrogen and oxygen atoms in total. The summed E-state index contributed by atoms with van der Waals surface area (Å²) >= 11 is 0. The summed E-state index contributed by atoms with van der Waals surface area (Å²) in [4.78, 5) is 19.5.